The first-order valence-corrected chi connectivity index (χ1v) is 12.4. The van der Waals surface area contributed by atoms with Crippen LogP contribution in [0.5, 0.6) is 0 Å². The van der Waals surface area contributed by atoms with Gasteiger partial charge < -0.3 is 20.1 Å². The summed E-state index contributed by atoms with van der Waals surface area (Å²) in [5.41, 5.74) is 4.39. The third-order valence-electron chi connectivity index (χ3n) is 6.07. The number of anilines is 1. The van der Waals surface area contributed by atoms with Crippen LogP contribution in [-0.4, -0.2) is 37.5 Å². The highest BCUT2D eigenvalue weighted by atomic mass is 19.1. The Balaban J connectivity index is 1.35. The van der Waals surface area contributed by atoms with Crippen molar-refractivity contribution in [3.8, 4) is 22.5 Å². The van der Waals surface area contributed by atoms with Crippen molar-refractivity contribution in [2.24, 2.45) is 0 Å². The second-order valence-corrected chi connectivity index (χ2v) is 10.1. The molecule has 0 aliphatic rings. The summed E-state index contributed by atoms with van der Waals surface area (Å²) in [7, 11) is 0. The van der Waals surface area contributed by atoms with Gasteiger partial charge in [0.1, 0.15) is 17.2 Å². The molecule has 198 valence electrons. The number of amides is 1. The van der Waals surface area contributed by atoms with Crippen LogP contribution in [0.3, 0.4) is 0 Å². The van der Waals surface area contributed by atoms with E-state index in [0.717, 1.165) is 16.8 Å². The molecule has 3 N–H and O–H groups in total. The number of nitrogens with one attached hydrogen (secondary N) is 3. The van der Waals surface area contributed by atoms with Gasteiger partial charge in [-0.15, -0.1) is 6.58 Å². The first kappa shape index (κ1) is 25.8. The minimum atomic E-state index is -0.565. The highest BCUT2D eigenvalue weighted by Crippen LogP contribution is 2.30. The van der Waals surface area contributed by atoms with Crippen LogP contribution in [0.25, 0.3) is 33.7 Å². The molecule has 39 heavy (non-hydrogen) atoms. The number of H-pyrrole nitrogens is 1. The lowest BCUT2D eigenvalue weighted by Crippen LogP contribution is -2.24. The van der Waals surface area contributed by atoms with Gasteiger partial charge in [0.15, 0.2) is 11.5 Å². The van der Waals surface area contributed by atoms with Crippen LogP contribution in [0, 0.1) is 5.82 Å². The number of fused-ring (bicyclic) bond motifs is 1. The molecule has 5 rings (SSSR count). The average molecular weight is 526 g/mol. The maximum absolute atomic E-state index is 15.1. The number of imidazole rings is 1. The van der Waals surface area contributed by atoms with E-state index < -0.39 is 11.7 Å². The van der Waals surface area contributed by atoms with Gasteiger partial charge in [0.05, 0.1) is 0 Å². The predicted molar refractivity (Wildman–Crippen MR) is 148 cm³/mol. The molecule has 0 aliphatic heterocycles. The number of aromatic nitrogens is 5. The summed E-state index contributed by atoms with van der Waals surface area (Å²) in [5.74, 6) is -0.110. The van der Waals surface area contributed by atoms with Gasteiger partial charge >= 0.3 is 11.8 Å². The number of pyridine rings is 1. The lowest BCUT2D eigenvalue weighted by atomic mass is 9.96. The van der Waals surface area contributed by atoms with Gasteiger partial charge in [0.25, 0.3) is 0 Å². The van der Waals surface area contributed by atoms with Crippen molar-refractivity contribution in [2.75, 3.05) is 11.9 Å². The molecule has 0 atom stereocenters. The summed E-state index contributed by atoms with van der Waals surface area (Å²) in [6.45, 7) is 10.1. The van der Waals surface area contributed by atoms with Crippen molar-refractivity contribution in [1.29, 1.82) is 0 Å². The zero-order chi connectivity index (χ0) is 27.6. The number of halogens is 1. The van der Waals surface area contributed by atoms with E-state index in [4.69, 9.17) is 9.51 Å². The number of hydrogen-bond donors (Lipinski definition) is 3. The maximum atomic E-state index is 15.1. The van der Waals surface area contributed by atoms with Crippen molar-refractivity contribution in [1.82, 2.24) is 30.4 Å². The molecule has 10 heteroatoms. The van der Waals surface area contributed by atoms with E-state index in [2.05, 4.69) is 37.3 Å². The first-order chi connectivity index (χ1) is 18.7. The number of carbonyl (C=O) groups excluding carboxylic acids is 1. The molecule has 9 nitrogen and oxygen atoms in total. The molecular formula is C29H28FN7O2. The van der Waals surface area contributed by atoms with Crippen LogP contribution < -0.4 is 10.6 Å². The van der Waals surface area contributed by atoms with Crippen molar-refractivity contribution in [3.63, 3.8) is 0 Å². The van der Waals surface area contributed by atoms with Crippen LogP contribution in [0.15, 0.2) is 71.9 Å². The standard InChI is InChI=1S/C29H28FN7O2/c1-5-12-31-20-8-6-7-18(14-20)24-34-23-21(11-13-32-25(23)35-24)17-9-10-19(22(30)15-17)16-33-26(38)27-36-28(37-39-27)29(2,3)4/h5-11,13-15,31H,1,12,16H2,2-4H3,(H,33,38)(H,32,34,35). The van der Waals surface area contributed by atoms with E-state index in [0.29, 0.717) is 40.5 Å². The van der Waals surface area contributed by atoms with Crippen molar-refractivity contribution >= 4 is 22.8 Å². The van der Waals surface area contributed by atoms with E-state index >= 15 is 4.39 Å². The highest BCUT2D eigenvalue weighted by Gasteiger charge is 2.24. The Labute approximate surface area is 224 Å². The molecule has 3 heterocycles. The number of carbonyl (C=O) groups is 1. The Morgan fingerprint density at radius 3 is 2.72 bits per heavy atom. The third-order valence-corrected chi connectivity index (χ3v) is 6.07. The topological polar surface area (TPSA) is 122 Å². The molecule has 0 unspecified atom stereocenters. The molecule has 3 aromatic heterocycles. The molecule has 0 saturated heterocycles. The molecule has 5 aromatic rings. The minimum absolute atomic E-state index is 0.0350. The quantitative estimate of drug-likeness (QED) is 0.224. The Bertz CT molecular complexity index is 1670. The van der Waals surface area contributed by atoms with E-state index in [1.54, 1.807) is 30.5 Å². The molecule has 0 bridgehead atoms. The van der Waals surface area contributed by atoms with Crippen molar-refractivity contribution < 1.29 is 13.7 Å². The molecule has 0 radical (unpaired) electrons. The van der Waals surface area contributed by atoms with Crippen LogP contribution in [0.4, 0.5) is 10.1 Å². The highest BCUT2D eigenvalue weighted by molar-refractivity contribution is 5.92. The molecule has 0 spiro atoms. The maximum Gasteiger partial charge on any atom is 0.315 e. The Hall–Kier alpha value is -4.86. The van der Waals surface area contributed by atoms with Gasteiger partial charge in [-0.25, -0.2) is 14.4 Å². The molecule has 0 fully saturated rings. The summed E-state index contributed by atoms with van der Waals surface area (Å²) < 4.78 is 20.2. The summed E-state index contributed by atoms with van der Waals surface area (Å²) in [5, 5.41) is 9.75. The number of aromatic amines is 1. The van der Waals surface area contributed by atoms with E-state index in [1.165, 1.54) is 6.07 Å². The largest absolute Gasteiger partial charge is 0.382 e. The first-order valence-electron chi connectivity index (χ1n) is 12.4. The lowest BCUT2D eigenvalue weighted by molar-refractivity contribution is 0.0906. The third kappa shape index (κ3) is 5.54. The monoisotopic (exact) mass is 525 g/mol. The summed E-state index contributed by atoms with van der Waals surface area (Å²) in [6, 6.07) is 14.5. The SMILES string of the molecule is C=CCNc1cccc(-c2nc3c(-c4ccc(CNC(=O)c5nc(C(C)(C)C)no5)c(F)c4)ccnc3[nH]2)c1. The zero-order valence-corrected chi connectivity index (χ0v) is 21.9. The number of rotatable bonds is 8. The van der Waals surface area contributed by atoms with Gasteiger partial charge in [0, 0.05) is 47.1 Å². The van der Waals surface area contributed by atoms with E-state index in [-0.39, 0.29) is 17.9 Å². The van der Waals surface area contributed by atoms with E-state index in [1.807, 2.05) is 45.0 Å². The van der Waals surface area contributed by atoms with Gasteiger partial charge in [0.2, 0.25) is 0 Å². The van der Waals surface area contributed by atoms with E-state index in [9.17, 15) is 4.79 Å². The Morgan fingerprint density at radius 2 is 1.97 bits per heavy atom. The van der Waals surface area contributed by atoms with Crippen LogP contribution in [-0.2, 0) is 12.0 Å². The van der Waals surface area contributed by atoms with Gasteiger partial charge in [-0.05, 0) is 29.8 Å². The van der Waals surface area contributed by atoms with Gasteiger partial charge in [-0.2, -0.15) is 4.98 Å². The normalized spacial score (nSPS) is 11.5. The minimum Gasteiger partial charge on any atom is -0.382 e. The number of benzene rings is 2. The fraction of sp³-hybridized carbons (Fsp3) is 0.207. The molecule has 0 aliphatic carbocycles. The van der Waals surface area contributed by atoms with Crippen LogP contribution >= 0.6 is 0 Å². The fourth-order valence-electron chi connectivity index (χ4n) is 3.98. The number of nitrogens with zero attached hydrogens (tertiary/aromatic N) is 4. The molecule has 1 amide bonds. The van der Waals surface area contributed by atoms with Crippen molar-refractivity contribution in [3.05, 3.63) is 90.5 Å². The summed E-state index contributed by atoms with van der Waals surface area (Å²) >= 11 is 0. The van der Waals surface area contributed by atoms with Crippen LogP contribution in [0.2, 0.25) is 0 Å². The Morgan fingerprint density at radius 1 is 1.13 bits per heavy atom. The zero-order valence-electron chi connectivity index (χ0n) is 21.9. The molecular weight excluding hydrogens is 497 g/mol. The van der Waals surface area contributed by atoms with Crippen molar-refractivity contribution in [2.45, 2.75) is 32.7 Å². The second-order valence-electron chi connectivity index (χ2n) is 10.1. The fourth-order valence-corrected chi connectivity index (χ4v) is 3.98. The molecule has 0 saturated carbocycles. The molecule has 2 aromatic carbocycles. The number of hydrogen-bond acceptors (Lipinski definition) is 7. The lowest BCUT2D eigenvalue weighted by Gasteiger charge is -2.10. The van der Waals surface area contributed by atoms with Crippen LogP contribution in [0.1, 0.15) is 42.8 Å². The van der Waals surface area contributed by atoms with Gasteiger partial charge in [-0.1, -0.05) is 56.3 Å². The summed E-state index contributed by atoms with van der Waals surface area (Å²) in [6.07, 6.45) is 3.45. The second kappa shape index (κ2) is 10.5. The Kier molecular flexibility index (Phi) is 6.93. The average Bonchev–Trinajstić information content (AvgIpc) is 3.59. The smallest absolute Gasteiger partial charge is 0.315 e. The van der Waals surface area contributed by atoms with Gasteiger partial charge in [-0.3, -0.25) is 4.79 Å². The summed E-state index contributed by atoms with van der Waals surface area (Å²) in [4.78, 5) is 29.0. The predicted octanol–water partition coefficient (Wildman–Crippen LogP) is 5.64.